The topological polar surface area (TPSA) is 163 Å². The lowest BCUT2D eigenvalue weighted by molar-refractivity contribution is -0.0183. The second-order valence-corrected chi connectivity index (χ2v) is 13.2. The first-order valence-electron chi connectivity index (χ1n) is 11.0. The molecule has 1 aliphatic heterocycles. The van der Waals surface area contributed by atoms with Gasteiger partial charge in [0.05, 0.1) is 12.1 Å². The van der Waals surface area contributed by atoms with Gasteiger partial charge in [0, 0.05) is 18.5 Å². The van der Waals surface area contributed by atoms with Crippen molar-refractivity contribution in [2.75, 3.05) is 24.5 Å². The number of ether oxygens (including phenoxy) is 1. The van der Waals surface area contributed by atoms with E-state index in [2.05, 4.69) is 14.9 Å². The molecule has 0 bridgehead atoms. The Kier molecular flexibility index (Phi) is 7.89. The number of nitrogens with zero attached hydrogens (tertiary/aromatic N) is 3. The number of benzene rings is 1. The number of halogens is 2. The van der Waals surface area contributed by atoms with Crippen LogP contribution in [0.3, 0.4) is 0 Å². The van der Waals surface area contributed by atoms with Gasteiger partial charge in [-0.25, -0.2) is 9.37 Å². The number of aliphatic hydroxyl groups is 1. The van der Waals surface area contributed by atoms with Crippen LogP contribution in [0.5, 0.6) is 0 Å². The van der Waals surface area contributed by atoms with Crippen LogP contribution in [-0.2, 0) is 18.4 Å². The van der Waals surface area contributed by atoms with Crippen LogP contribution in [0.1, 0.15) is 37.4 Å². The summed E-state index contributed by atoms with van der Waals surface area (Å²) in [6.07, 6.45) is -1.76. The van der Waals surface area contributed by atoms with E-state index in [4.69, 9.17) is 30.6 Å². The number of rotatable bonds is 8. The molecule has 1 saturated carbocycles. The van der Waals surface area contributed by atoms with Crippen LogP contribution in [-0.4, -0.2) is 73.7 Å². The van der Waals surface area contributed by atoms with Crippen molar-refractivity contribution >= 4 is 43.5 Å². The predicted octanol–water partition coefficient (Wildman–Crippen LogP) is 3.14. The molecule has 0 spiro atoms. The molecule has 2 heterocycles. The van der Waals surface area contributed by atoms with Gasteiger partial charge < -0.3 is 33.9 Å². The Bertz CT molecular complexity index is 1180. The Labute approximate surface area is 205 Å². The van der Waals surface area contributed by atoms with Crippen LogP contribution in [0, 0.1) is 0 Å². The number of aromatic nitrogens is 2. The first-order chi connectivity index (χ1) is 16.3. The minimum Gasteiger partial charge on any atom is -0.387 e. The van der Waals surface area contributed by atoms with Gasteiger partial charge in [-0.05, 0) is 42.1 Å². The van der Waals surface area contributed by atoms with Gasteiger partial charge >= 0.3 is 15.2 Å². The number of fused-ring (bicyclic) bond motifs is 1. The van der Waals surface area contributed by atoms with Gasteiger partial charge in [-0.3, -0.25) is 9.13 Å². The molecule has 4 N–H and O–H groups in total. The Morgan fingerprint density at radius 1 is 1.23 bits per heavy atom. The highest BCUT2D eigenvalue weighted by molar-refractivity contribution is 7.70. The van der Waals surface area contributed by atoms with Crippen LogP contribution >= 0.6 is 26.8 Å². The summed E-state index contributed by atoms with van der Waals surface area (Å²) < 4.78 is 48.1. The first-order valence-corrected chi connectivity index (χ1v) is 15.0. The van der Waals surface area contributed by atoms with Crippen molar-refractivity contribution in [3.05, 3.63) is 29.0 Å². The maximum absolute atomic E-state index is 14.9. The van der Waals surface area contributed by atoms with Crippen LogP contribution in [0.2, 0.25) is 5.28 Å². The second-order valence-electron chi connectivity index (χ2n) is 8.91. The summed E-state index contributed by atoms with van der Waals surface area (Å²) >= 11 is 6.17. The van der Waals surface area contributed by atoms with E-state index in [-0.39, 0.29) is 5.28 Å². The maximum atomic E-state index is 14.9. The normalized spacial score (nSPS) is 27.4. The SMILES string of the molecule is CN(c1nc(Cl)nc2cc([C@@H]3O[C@H](COP(=O)(O)CP(=O)(O)O)[C@@H](O)[C@@H]3F)ccc12)C1CCCC1. The van der Waals surface area contributed by atoms with E-state index in [0.717, 1.165) is 31.1 Å². The fourth-order valence-electron chi connectivity index (χ4n) is 4.60. The summed E-state index contributed by atoms with van der Waals surface area (Å²) in [6.45, 7) is -0.732. The molecular formula is C20H27ClFN3O8P2. The zero-order chi connectivity index (χ0) is 25.5. The Morgan fingerprint density at radius 3 is 2.57 bits per heavy atom. The number of alkyl halides is 1. The molecule has 2 aromatic rings. The van der Waals surface area contributed by atoms with Gasteiger partial charge in [0.2, 0.25) is 5.28 Å². The molecule has 1 aromatic heterocycles. The van der Waals surface area contributed by atoms with E-state index in [0.29, 0.717) is 22.9 Å². The van der Waals surface area contributed by atoms with Crippen LogP contribution < -0.4 is 4.90 Å². The summed E-state index contributed by atoms with van der Waals surface area (Å²) in [5.74, 6) is -0.730. The van der Waals surface area contributed by atoms with Crippen molar-refractivity contribution in [2.24, 2.45) is 0 Å². The third kappa shape index (κ3) is 6.21. The summed E-state index contributed by atoms with van der Waals surface area (Å²) in [7, 11) is -7.55. The first kappa shape index (κ1) is 26.9. The minimum atomic E-state index is -4.82. The van der Waals surface area contributed by atoms with Gasteiger partial charge in [0.25, 0.3) is 0 Å². The van der Waals surface area contributed by atoms with Crippen molar-refractivity contribution < 1.29 is 42.6 Å². The zero-order valence-corrected chi connectivity index (χ0v) is 21.3. The lowest BCUT2D eigenvalue weighted by Crippen LogP contribution is -2.31. The van der Waals surface area contributed by atoms with Gasteiger partial charge in [0.15, 0.2) is 12.1 Å². The van der Waals surface area contributed by atoms with Crippen molar-refractivity contribution in [3.63, 3.8) is 0 Å². The van der Waals surface area contributed by atoms with Crippen molar-refractivity contribution in [1.82, 2.24) is 9.97 Å². The molecule has 1 unspecified atom stereocenters. The Balaban J connectivity index is 1.54. The highest BCUT2D eigenvalue weighted by atomic mass is 35.5. The number of anilines is 1. The molecule has 1 aliphatic carbocycles. The molecular weight excluding hydrogens is 527 g/mol. The van der Waals surface area contributed by atoms with Gasteiger partial charge in [-0.2, -0.15) is 4.98 Å². The van der Waals surface area contributed by atoms with Crippen molar-refractivity contribution in [2.45, 2.75) is 56.2 Å². The van der Waals surface area contributed by atoms with Gasteiger partial charge in [0.1, 0.15) is 24.1 Å². The fraction of sp³-hybridized carbons (Fsp3) is 0.600. The summed E-state index contributed by atoms with van der Waals surface area (Å²) in [5, 5.41) is 11.0. The molecule has 35 heavy (non-hydrogen) atoms. The second kappa shape index (κ2) is 10.3. The monoisotopic (exact) mass is 553 g/mol. The fourth-order valence-corrected chi connectivity index (χ4v) is 7.34. The quantitative estimate of drug-likeness (QED) is 0.280. The maximum Gasteiger partial charge on any atom is 0.340 e. The Morgan fingerprint density at radius 2 is 1.91 bits per heavy atom. The summed E-state index contributed by atoms with van der Waals surface area (Å²) in [6, 6.07) is 5.29. The average molecular weight is 554 g/mol. The minimum absolute atomic E-state index is 0.0358. The molecule has 1 saturated heterocycles. The third-order valence-corrected chi connectivity index (χ3v) is 9.95. The smallest absolute Gasteiger partial charge is 0.340 e. The third-order valence-electron chi connectivity index (χ3n) is 6.33. The predicted molar refractivity (Wildman–Crippen MR) is 126 cm³/mol. The van der Waals surface area contributed by atoms with E-state index in [1.165, 1.54) is 0 Å². The highest BCUT2D eigenvalue weighted by Crippen LogP contribution is 2.55. The van der Waals surface area contributed by atoms with Crippen LogP contribution in [0.15, 0.2) is 18.2 Å². The van der Waals surface area contributed by atoms with Crippen molar-refractivity contribution in [1.29, 1.82) is 0 Å². The van der Waals surface area contributed by atoms with E-state index < -0.39 is 52.2 Å². The molecule has 0 amide bonds. The zero-order valence-electron chi connectivity index (χ0n) is 18.8. The number of aliphatic hydroxyl groups excluding tert-OH is 1. The van der Waals surface area contributed by atoms with E-state index >= 15 is 0 Å². The Hall–Kier alpha value is -1.20. The number of hydrogen-bond acceptors (Lipinski definition) is 8. The lowest BCUT2D eigenvalue weighted by Gasteiger charge is -2.26. The molecule has 5 atom stereocenters. The van der Waals surface area contributed by atoms with E-state index in [9.17, 15) is 23.5 Å². The standard InChI is InChI=1S/C20H27ClFN3O8P2/c1-25(12-4-2-3-5-12)19-13-7-6-11(8-14(13)23-20(21)24-19)18-16(22)17(26)15(33-18)9-32-35(30,31)10-34(27,28)29/h6-8,12,15-18,26H,2-5,9-10H2,1H3,(H,30,31)(H2,27,28,29)/t15-,16+,17-,18+/m1/s1. The van der Waals surface area contributed by atoms with Gasteiger partial charge in [-0.15, -0.1) is 0 Å². The van der Waals surface area contributed by atoms with Gasteiger partial charge in [-0.1, -0.05) is 18.9 Å². The molecule has 1 aromatic carbocycles. The molecule has 2 fully saturated rings. The summed E-state index contributed by atoms with van der Waals surface area (Å²) in [5.41, 5.74) is 0.826. The molecule has 4 rings (SSSR count). The largest absolute Gasteiger partial charge is 0.387 e. The van der Waals surface area contributed by atoms with E-state index in [1.54, 1.807) is 18.2 Å². The molecule has 194 valence electrons. The van der Waals surface area contributed by atoms with Crippen LogP contribution in [0.4, 0.5) is 10.2 Å². The summed E-state index contributed by atoms with van der Waals surface area (Å²) in [4.78, 5) is 38.1. The average Bonchev–Trinajstić information content (AvgIpc) is 3.39. The molecule has 15 heteroatoms. The molecule has 11 nitrogen and oxygen atoms in total. The molecule has 0 radical (unpaired) electrons. The lowest BCUT2D eigenvalue weighted by atomic mass is 10.0. The number of hydrogen-bond donors (Lipinski definition) is 4. The molecule has 2 aliphatic rings. The highest BCUT2D eigenvalue weighted by Gasteiger charge is 2.46. The van der Waals surface area contributed by atoms with E-state index in [1.807, 2.05) is 7.05 Å². The van der Waals surface area contributed by atoms with Crippen LogP contribution in [0.25, 0.3) is 10.9 Å². The van der Waals surface area contributed by atoms with Crippen molar-refractivity contribution in [3.8, 4) is 0 Å².